The summed E-state index contributed by atoms with van der Waals surface area (Å²) in [4.78, 5) is 0. The number of aliphatic hydroxyl groups is 1. The van der Waals surface area contributed by atoms with Gasteiger partial charge in [0, 0.05) is 26.1 Å². The second-order valence-corrected chi connectivity index (χ2v) is 6.89. The quantitative estimate of drug-likeness (QED) is 0.836. The molecule has 1 unspecified atom stereocenters. The minimum Gasteiger partial charge on any atom is -0.387 e. The van der Waals surface area contributed by atoms with Crippen molar-refractivity contribution < 1.29 is 15.6 Å². The summed E-state index contributed by atoms with van der Waals surface area (Å²) in [6.45, 7) is 0. The molecule has 1 saturated heterocycles. The van der Waals surface area contributed by atoms with Crippen LogP contribution in [0.4, 0.5) is 4.39 Å². The molecule has 1 heterocycles. The number of methoxy groups -OCH3 is 1. The van der Waals surface area contributed by atoms with Crippen molar-refractivity contribution in [2.45, 2.75) is 69.2 Å². The van der Waals surface area contributed by atoms with Crippen LogP contribution in [-0.4, -0.2) is 30.4 Å². The van der Waals surface area contributed by atoms with Crippen molar-refractivity contribution in [1.82, 2.24) is 5.32 Å². The fourth-order valence-electron chi connectivity index (χ4n) is 3.98. The zero-order valence-corrected chi connectivity index (χ0v) is 15.0. The van der Waals surface area contributed by atoms with Gasteiger partial charge in [0.15, 0.2) is 0 Å². The van der Waals surface area contributed by atoms with Gasteiger partial charge in [-0.1, -0.05) is 18.2 Å². The summed E-state index contributed by atoms with van der Waals surface area (Å²) >= 11 is 0. The Morgan fingerprint density at radius 3 is 2.62 bits per heavy atom. The fourth-order valence-corrected chi connectivity index (χ4v) is 3.98. The Labute approximate surface area is 151 Å². The lowest BCUT2D eigenvalue weighted by Gasteiger charge is -2.29. The molecule has 1 aliphatic carbocycles. The van der Waals surface area contributed by atoms with E-state index in [-0.39, 0.29) is 36.7 Å². The number of hydrogen-bond donors (Lipinski definition) is 2. The van der Waals surface area contributed by atoms with E-state index in [2.05, 4.69) is 5.32 Å². The molecule has 5 heteroatoms. The van der Waals surface area contributed by atoms with Crippen molar-refractivity contribution in [3.63, 3.8) is 0 Å². The van der Waals surface area contributed by atoms with Gasteiger partial charge in [-0.15, -0.1) is 12.4 Å². The topological polar surface area (TPSA) is 41.5 Å². The molecule has 0 bridgehead atoms. The van der Waals surface area contributed by atoms with E-state index in [0.717, 1.165) is 38.5 Å². The monoisotopic (exact) mass is 358 g/mol. The van der Waals surface area contributed by atoms with Gasteiger partial charge >= 0.3 is 0 Å². The zero-order valence-electron chi connectivity index (χ0n) is 15.2. The molecule has 136 valence electrons. The highest BCUT2D eigenvalue weighted by molar-refractivity contribution is 5.85. The van der Waals surface area contributed by atoms with Gasteiger partial charge in [-0.05, 0) is 56.9 Å². The van der Waals surface area contributed by atoms with Gasteiger partial charge in [-0.25, -0.2) is 4.39 Å². The zero-order chi connectivity index (χ0) is 17.1. The summed E-state index contributed by atoms with van der Waals surface area (Å²) in [6, 6.07) is 6.31. The van der Waals surface area contributed by atoms with Crippen LogP contribution in [0.1, 0.15) is 58.0 Å². The summed E-state index contributed by atoms with van der Waals surface area (Å²) in [5.74, 6) is 0.0221. The normalized spacial score (nSPS) is 33.4. The van der Waals surface area contributed by atoms with Gasteiger partial charge in [0.1, 0.15) is 5.82 Å². The summed E-state index contributed by atoms with van der Waals surface area (Å²) in [6.07, 6.45) is 5.11. The molecular weight excluding hydrogens is 329 g/mol. The van der Waals surface area contributed by atoms with Crippen LogP contribution in [0, 0.1) is 11.7 Å². The molecule has 2 N–H and O–H groups in total. The highest BCUT2D eigenvalue weighted by atomic mass is 35.5. The highest BCUT2D eigenvalue weighted by Crippen LogP contribution is 2.33. The van der Waals surface area contributed by atoms with E-state index in [0.29, 0.717) is 17.6 Å². The van der Waals surface area contributed by atoms with E-state index in [4.69, 9.17) is 6.11 Å². The third-order valence-electron chi connectivity index (χ3n) is 5.38. The van der Waals surface area contributed by atoms with Crippen LogP contribution in [0.5, 0.6) is 0 Å². The largest absolute Gasteiger partial charge is 0.387 e. The molecule has 1 aromatic rings. The Balaban J connectivity index is 0.00000225. The minimum absolute atomic E-state index is 0. The van der Waals surface area contributed by atoms with Crippen LogP contribution < -0.4 is 5.32 Å². The first-order valence-corrected chi connectivity index (χ1v) is 8.73. The molecule has 0 radical (unpaired) electrons. The third kappa shape index (κ3) is 4.69. The maximum absolute atomic E-state index is 13.9. The van der Waals surface area contributed by atoms with Gasteiger partial charge in [0.25, 0.3) is 0 Å². The van der Waals surface area contributed by atoms with E-state index >= 15 is 0 Å². The van der Waals surface area contributed by atoms with Crippen molar-refractivity contribution in [2.75, 3.05) is 7.11 Å². The molecule has 0 spiro atoms. The van der Waals surface area contributed by atoms with Crippen molar-refractivity contribution in [1.29, 1.82) is 0 Å². The van der Waals surface area contributed by atoms with E-state index in [9.17, 15) is 9.50 Å². The summed E-state index contributed by atoms with van der Waals surface area (Å²) in [7, 11) is 1.76. The van der Waals surface area contributed by atoms with Crippen LogP contribution in [0.2, 0.25) is 0 Å². The number of benzene rings is 1. The molecule has 2 aliphatic rings. The molecule has 0 aromatic heterocycles. The molecule has 4 atom stereocenters. The molecule has 1 aromatic carbocycles. The lowest BCUT2D eigenvalue weighted by molar-refractivity contribution is 0.0538. The molecule has 2 fully saturated rings. The van der Waals surface area contributed by atoms with Gasteiger partial charge in [0.05, 0.1) is 12.2 Å². The lowest BCUT2D eigenvalue weighted by Crippen LogP contribution is -2.36. The Kier molecular flexibility index (Phi) is 6.90. The van der Waals surface area contributed by atoms with E-state index in [1.165, 1.54) is 6.07 Å². The predicted molar refractivity (Wildman–Crippen MR) is 95.9 cm³/mol. The summed E-state index contributed by atoms with van der Waals surface area (Å²) in [5, 5.41) is 13.9. The van der Waals surface area contributed by atoms with Crippen molar-refractivity contribution >= 4 is 12.4 Å². The van der Waals surface area contributed by atoms with Crippen LogP contribution in [0.3, 0.4) is 0 Å². The number of halogens is 2. The van der Waals surface area contributed by atoms with Crippen LogP contribution >= 0.6 is 12.4 Å². The second-order valence-electron chi connectivity index (χ2n) is 6.89. The second kappa shape index (κ2) is 9.14. The Morgan fingerprint density at radius 2 is 1.96 bits per heavy atom. The van der Waals surface area contributed by atoms with Crippen LogP contribution in [0.25, 0.3) is 0 Å². The Bertz CT molecular complexity index is 542. The molecule has 3 rings (SSSR count). The molecule has 3 nitrogen and oxygen atoms in total. The summed E-state index contributed by atoms with van der Waals surface area (Å²) in [5.41, 5.74) is 0.345. The maximum atomic E-state index is 13.9. The first-order chi connectivity index (χ1) is 11.6. The number of rotatable bonds is 5. The maximum Gasteiger partial charge on any atom is 0.129 e. The van der Waals surface area contributed by atoms with Crippen molar-refractivity contribution in [2.24, 2.45) is 5.92 Å². The highest BCUT2D eigenvalue weighted by Gasteiger charge is 2.33. The molecular formula is C19H29ClFNO2. The standard InChI is InChI=1S/C19H28FNO2.ClH/c1-23-15-9-6-13(7-10-15)12-14-8-11-18(21-14)19(22)16-4-2-3-5-17(16)20;/h2-5,13-15,18-19,21-22H,6-12H2,1H3;1H/t13?,14-,15?,18+,19+;/m0./s1/i12D;/t12?,13?,14-,15?,18+,19+;. The third-order valence-corrected chi connectivity index (χ3v) is 5.38. The van der Waals surface area contributed by atoms with Crippen molar-refractivity contribution in [3.8, 4) is 0 Å². The van der Waals surface area contributed by atoms with E-state index < -0.39 is 6.10 Å². The molecule has 1 saturated carbocycles. The Morgan fingerprint density at radius 1 is 1.25 bits per heavy atom. The molecule has 1 aliphatic heterocycles. The minimum atomic E-state index is -0.854. The number of hydrogen-bond acceptors (Lipinski definition) is 3. The van der Waals surface area contributed by atoms with Gasteiger partial charge < -0.3 is 15.2 Å². The lowest BCUT2D eigenvalue weighted by atomic mass is 9.83. The number of ether oxygens (including phenoxy) is 1. The van der Waals surface area contributed by atoms with E-state index in [1.807, 2.05) is 0 Å². The number of aliphatic hydroxyl groups excluding tert-OH is 1. The first kappa shape index (κ1) is 18.1. The SMILES string of the molecule is Cl.[2H]C(C1CCC(OC)CC1)[C@@H]1CC[C@H]([C@H](O)c2ccccc2F)N1. The van der Waals surface area contributed by atoms with Gasteiger partial charge in [0.2, 0.25) is 0 Å². The van der Waals surface area contributed by atoms with Gasteiger partial charge in [-0.2, -0.15) is 0 Å². The van der Waals surface area contributed by atoms with Crippen LogP contribution in [0.15, 0.2) is 24.3 Å². The Hall–Kier alpha value is -0.680. The average molecular weight is 359 g/mol. The summed E-state index contributed by atoms with van der Waals surface area (Å²) < 4.78 is 27.9. The molecule has 0 amide bonds. The van der Waals surface area contributed by atoms with Gasteiger partial charge in [-0.3, -0.25) is 0 Å². The molecule has 24 heavy (non-hydrogen) atoms. The fraction of sp³-hybridized carbons (Fsp3) is 0.684. The first-order valence-electron chi connectivity index (χ1n) is 9.31. The number of nitrogens with one attached hydrogen (secondary N) is 1. The van der Waals surface area contributed by atoms with Crippen LogP contribution in [-0.2, 0) is 4.74 Å². The van der Waals surface area contributed by atoms with E-state index in [1.54, 1.807) is 25.3 Å². The smallest absolute Gasteiger partial charge is 0.129 e. The predicted octanol–water partition coefficient (Wildman–Crippen LogP) is 4.00. The average Bonchev–Trinajstić information content (AvgIpc) is 3.11. The van der Waals surface area contributed by atoms with Crippen molar-refractivity contribution in [3.05, 3.63) is 35.6 Å².